The molecule has 2 saturated heterocycles. The highest BCUT2D eigenvalue weighted by Crippen LogP contribution is 2.43. The maximum absolute atomic E-state index is 12.6. The van der Waals surface area contributed by atoms with Gasteiger partial charge in [-0.15, -0.1) is 11.8 Å². The van der Waals surface area contributed by atoms with Gasteiger partial charge in [0.25, 0.3) is 0 Å². The van der Waals surface area contributed by atoms with Crippen LogP contribution in [0.25, 0.3) is 0 Å². The van der Waals surface area contributed by atoms with E-state index in [-0.39, 0.29) is 23.8 Å². The largest absolute Gasteiger partial charge is 0.497 e. The summed E-state index contributed by atoms with van der Waals surface area (Å²) in [5.41, 5.74) is 0.965. The molecule has 0 aliphatic carbocycles. The van der Waals surface area contributed by atoms with Crippen molar-refractivity contribution in [2.75, 3.05) is 73.0 Å². The molecule has 2 aliphatic heterocycles. The Bertz CT molecular complexity index is 724. The standard InChI is InChI=1S/C20H29N3O5S/c1-26-13-18(24)22-9-6-21(7-10-22)8-11-23-19(25)14-29-20(23)16-12-15(27-2)4-5-17(16)28-3/h4-5,12,20H,6-11,13-14H2,1-3H3/p+1/t20-/m0/s1. The highest BCUT2D eigenvalue weighted by molar-refractivity contribution is 8.00. The fourth-order valence-electron chi connectivity index (χ4n) is 3.80. The molecule has 9 heteroatoms. The lowest BCUT2D eigenvalue weighted by molar-refractivity contribution is -0.903. The van der Waals surface area contributed by atoms with Gasteiger partial charge in [-0.3, -0.25) is 9.59 Å². The smallest absolute Gasteiger partial charge is 0.248 e. The van der Waals surface area contributed by atoms with Crippen molar-refractivity contribution in [3.63, 3.8) is 0 Å². The Labute approximate surface area is 176 Å². The molecular formula is C20H30N3O5S+. The number of ether oxygens (including phenoxy) is 3. The van der Waals surface area contributed by atoms with Crippen molar-refractivity contribution in [3.05, 3.63) is 23.8 Å². The van der Waals surface area contributed by atoms with Crippen LogP contribution in [0.5, 0.6) is 11.5 Å². The van der Waals surface area contributed by atoms with Gasteiger partial charge in [-0.1, -0.05) is 0 Å². The number of piperazine rings is 1. The summed E-state index contributed by atoms with van der Waals surface area (Å²) in [5.74, 6) is 2.18. The van der Waals surface area contributed by atoms with Gasteiger partial charge in [-0.05, 0) is 18.2 Å². The summed E-state index contributed by atoms with van der Waals surface area (Å²) in [4.78, 5) is 29.7. The van der Waals surface area contributed by atoms with Crippen LogP contribution in [0.3, 0.4) is 0 Å². The Morgan fingerprint density at radius 1 is 1.21 bits per heavy atom. The molecule has 0 aromatic heterocycles. The molecule has 2 heterocycles. The van der Waals surface area contributed by atoms with E-state index in [1.165, 1.54) is 12.0 Å². The first kappa shape index (κ1) is 21.7. The lowest BCUT2D eigenvalue weighted by Gasteiger charge is -2.33. The Hall–Kier alpha value is -1.97. The number of amides is 2. The molecule has 1 atom stereocenters. The molecule has 2 amide bonds. The molecular weight excluding hydrogens is 394 g/mol. The van der Waals surface area contributed by atoms with Crippen LogP contribution in [0.2, 0.25) is 0 Å². The second kappa shape index (κ2) is 10.2. The Morgan fingerprint density at radius 3 is 2.62 bits per heavy atom. The molecule has 1 N–H and O–H groups in total. The molecule has 160 valence electrons. The molecule has 1 aromatic rings. The van der Waals surface area contributed by atoms with Gasteiger partial charge in [0, 0.05) is 12.7 Å². The first-order valence-electron chi connectivity index (χ1n) is 9.80. The molecule has 0 bridgehead atoms. The molecule has 8 nitrogen and oxygen atoms in total. The number of thioether (sulfide) groups is 1. The third kappa shape index (κ3) is 5.15. The van der Waals surface area contributed by atoms with Crippen LogP contribution in [-0.2, 0) is 14.3 Å². The van der Waals surface area contributed by atoms with E-state index >= 15 is 0 Å². The first-order chi connectivity index (χ1) is 14.1. The average molecular weight is 425 g/mol. The van der Waals surface area contributed by atoms with Crippen molar-refractivity contribution in [3.8, 4) is 11.5 Å². The van der Waals surface area contributed by atoms with Crippen LogP contribution in [-0.4, -0.2) is 94.6 Å². The van der Waals surface area contributed by atoms with Gasteiger partial charge in [-0.2, -0.15) is 0 Å². The Morgan fingerprint density at radius 2 is 1.97 bits per heavy atom. The number of hydrogen-bond acceptors (Lipinski definition) is 6. The van der Waals surface area contributed by atoms with Gasteiger partial charge in [0.2, 0.25) is 11.8 Å². The second-order valence-electron chi connectivity index (χ2n) is 7.17. The second-order valence-corrected chi connectivity index (χ2v) is 8.24. The van der Waals surface area contributed by atoms with E-state index in [0.717, 1.165) is 49.8 Å². The highest BCUT2D eigenvalue weighted by Gasteiger charge is 2.35. The summed E-state index contributed by atoms with van der Waals surface area (Å²) in [6.45, 7) is 4.91. The predicted molar refractivity (Wildman–Crippen MR) is 110 cm³/mol. The maximum atomic E-state index is 12.6. The zero-order chi connectivity index (χ0) is 20.8. The van der Waals surface area contributed by atoms with Crippen molar-refractivity contribution in [1.29, 1.82) is 0 Å². The van der Waals surface area contributed by atoms with Crippen LogP contribution < -0.4 is 14.4 Å². The predicted octanol–water partition coefficient (Wildman–Crippen LogP) is -0.349. The van der Waals surface area contributed by atoms with Crippen molar-refractivity contribution in [1.82, 2.24) is 9.80 Å². The number of methoxy groups -OCH3 is 3. The highest BCUT2D eigenvalue weighted by atomic mass is 32.2. The number of hydrogen-bond donors (Lipinski definition) is 1. The monoisotopic (exact) mass is 424 g/mol. The lowest BCUT2D eigenvalue weighted by Crippen LogP contribution is -3.15. The van der Waals surface area contributed by atoms with Gasteiger partial charge < -0.3 is 28.9 Å². The fraction of sp³-hybridized carbons (Fsp3) is 0.600. The third-order valence-electron chi connectivity index (χ3n) is 5.47. The molecule has 2 fully saturated rings. The van der Waals surface area contributed by atoms with E-state index in [2.05, 4.69) is 0 Å². The topological polar surface area (TPSA) is 72.8 Å². The number of nitrogens with one attached hydrogen (secondary N) is 1. The van der Waals surface area contributed by atoms with Gasteiger partial charge in [-0.25, -0.2) is 0 Å². The normalized spacial score (nSPS) is 20.2. The van der Waals surface area contributed by atoms with E-state index in [9.17, 15) is 9.59 Å². The van der Waals surface area contributed by atoms with Crippen molar-refractivity contribution in [2.45, 2.75) is 5.37 Å². The minimum absolute atomic E-state index is 0.0443. The Balaban J connectivity index is 1.60. The molecule has 3 rings (SSSR count). The molecule has 0 unspecified atom stereocenters. The minimum atomic E-state index is -0.0727. The van der Waals surface area contributed by atoms with Crippen molar-refractivity contribution < 1.29 is 28.7 Å². The molecule has 0 radical (unpaired) electrons. The van der Waals surface area contributed by atoms with Gasteiger partial charge in [0.1, 0.15) is 23.5 Å². The summed E-state index contributed by atoms with van der Waals surface area (Å²) in [6, 6.07) is 5.70. The van der Waals surface area contributed by atoms with Gasteiger partial charge >= 0.3 is 0 Å². The van der Waals surface area contributed by atoms with E-state index in [4.69, 9.17) is 14.2 Å². The van der Waals surface area contributed by atoms with Crippen LogP contribution >= 0.6 is 11.8 Å². The average Bonchev–Trinajstić information content (AvgIpc) is 3.12. The summed E-state index contributed by atoms with van der Waals surface area (Å²) < 4.78 is 15.8. The molecule has 29 heavy (non-hydrogen) atoms. The van der Waals surface area contributed by atoms with E-state index in [1.54, 1.807) is 26.0 Å². The van der Waals surface area contributed by atoms with Crippen LogP contribution in [0.4, 0.5) is 0 Å². The SMILES string of the molecule is COCC(=O)N1CC[NH+](CCN2C(=O)CS[C@H]2c2cc(OC)ccc2OC)CC1. The van der Waals surface area contributed by atoms with Crippen molar-refractivity contribution >= 4 is 23.6 Å². The van der Waals surface area contributed by atoms with E-state index in [0.29, 0.717) is 12.3 Å². The number of benzene rings is 1. The van der Waals surface area contributed by atoms with Crippen LogP contribution in [0.1, 0.15) is 10.9 Å². The third-order valence-corrected chi connectivity index (χ3v) is 6.71. The Kier molecular flexibility index (Phi) is 7.63. The molecule has 0 saturated carbocycles. The summed E-state index contributed by atoms with van der Waals surface area (Å²) in [5, 5.41) is -0.0727. The van der Waals surface area contributed by atoms with E-state index in [1.807, 2.05) is 28.0 Å². The molecule has 2 aliphatic rings. The first-order valence-corrected chi connectivity index (χ1v) is 10.9. The van der Waals surface area contributed by atoms with Crippen molar-refractivity contribution in [2.24, 2.45) is 0 Å². The van der Waals surface area contributed by atoms with Gasteiger partial charge in [0.05, 0.1) is 59.2 Å². The zero-order valence-electron chi connectivity index (χ0n) is 17.3. The quantitative estimate of drug-likeness (QED) is 0.615. The lowest BCUT2D eigenvalue weighted by atomic mass is 10.1. The summed E-state index contributed by atoms with van der Waals surface area (Å²) >= 11 is 1.62. The fourth-order valence-corrected chi connectivity index (χ4v) is 5.03. The number of rotatable bonds is 8. The molecule has 0 spiro atoms. The number of nitrogens with zero attached hydrogens (tertiary/aromatic N) is 2. The molecule has 1 aromatic carbocycles. The van der Waals surface area contributed by atoms with Crippen LogP contribution in [0.15, 0.2) is 18.2 Å². The number of carbonyl (C=O) groups excluding carboxylic acids is 2. The van der Waals surface area contributed by atoms with E-state index < -0.39 is 0 Å². The number of carbonyl (C=O) groups is 2. The minimum Gasteiger partial charge on any atom is -0.497 e. The number of quaternary nitrogens is 1. The summed E-state index contributed by atoms with van der Waals surface area (Å²) in [6.07, 6.45) is 0. The summed E-state index contributed by atoms with van der Waals surface area (Å²) in [7, 11) is 4.82. The van der Waals surface area contributed by atoms with Crippen LogP contribution in [0, 0.1) is 0 Å². The maximum Gasteiger partial charge on any atom is 0.248 e. The zero-order valence-corrected chi connectivity index (χ0v) is 18.1. The van der Waals surface area contributed by atoms with Gasteiger partial charge in [0.15, 0.2) is 0 Å².